The molecule has 8 nitrogen and oxygen atoms in total. The molecule has 8 aromatic rings. The highest BCUT2D eigenvalue weighted by Crippen LogP contribution is 2.36. The van der Waals surface area contributed by atoms with Crippen molar-refractivity contribution >= 4 is 65.2 Å². The van der Waals surface area contributed by atoms with Gasteiger partial charge in [-0.2, -0.15) is 0 Å². The van der Waals surface area contributed by atoms with Crippen LogP contribution in [0.15, 0.2) is 97.6 Å². The first-order valence-corrected chi connectivity index (χ1v) is 19.9. The number of methoxy groups -OCH3 is 2. The van der Waals surface area contributed by atoms with E-state index in [1.54, 1.807) is 14.2 Å². The molecule has 54 heavy (non-hydrogen) atoms. The Morgan fingerprint density at radius 1 is 0.537 bits per heavy atom. The Labute approximate surface area is 315 Å². The quantitative estimate of drug-likeness (QED) is 0.149. The van der Waals surface area contributed by atoms with Crippen LogP contribution in [0.25, 0.3) is 65.2 Å². The highest BCUT2D eigenvalue weighted by Gasteiger charge is 2.30. The third kappa shape index (κ3) is 6.11. The van der Waals surface area contributed by atoms with Crippen molar-refractivity contribution < 1.29 is 18.6 Å². The Hall–Kier alpha value is -5.18. The first kappa shape index (κ1) is 33.4. The van der Waals surface area contributed by atoms with E-state index in [1.807, 2.05) is 12.1 Å². The van der Waals surface area contributed by atoms with Crippen LogP contribution in [0.3, 0.4) is 0 Å². The topological polar surface area (TPSA) is 64.3 Å². The van der Waals surface area contributed by atoms with E-state index in [2.05, 4.69) is 114 Å². The number of piperidine rings is 2. The van der Waals surface area contributed by atoms with Crippen LogP contribution in [0.4, 0.5) is 0 Å². The second kappa shape index (κ2) is 13.9. The van der Waals surface area contributed by atoms with E-state index in [4.69, 9.17) is 9.47 Å². The molecule has 0 bridgehead atoms. The van der Waals surface area contributed by atoms with Gasteiger partial charge >= 0.3 is 0 Å². The van der Waals surface area contributed by atoms with Gasteiger partial charge in [0.25, 0.3) is 0 Å². The van der Waals surface area contributed by atoms with Gasteiger partial charge in [0.2, 0.25) is 0 Å². The fourth-order valence-electron chi connectivity index (χ4n) is 9.74. The number of benzene rings is 4. The minimum Gasteiger partial charge on any atom is -0.497 e. The molecule has 6 heterocycles. The zero-order valence-electron chi connectivity index (χ0n) is 31.5. The standard InChI is InChI=1S/C46H48N6O2/c1-53-35-5-9-41-39(27-35)45-37-15-21-51(29-33(37)3-7-43(45)47-41)25-23-49-17-11-31(12-18-49)32-13-19-50(20-14-32)24-26-52-22-16-38-34(30-52)4-8-44-46(38)40-28-36(54-2)6-10-42(40)48-44/h3-10,15-16,21-22,27-32H,11-14,17-20,23-26H2,1-2H3/p+2. The zero-order valence-corrected chi connectivity index (χ0v) is 31.5. The lowest BCUT2D eigenvalue weighted by atomic mass is 9.79. The zero-order chi connectivity index (χ0) is 36.2. The summed E-state index contributed by atoms with van der Waals surface area (Å²) in [5, 5.41) is 10.1. The van der Waals surface area contributed by atoms with Crippen LogP contribution in [-0.4, -0.2) is 73.3 Å². The van der Waals surface area contributed by atoms with Crippen LogP contribution in [0.1, 0.15) is 25.7 Å². The molecule has 2 aliphatic rings. The van der Waals surface area contributed by atoms with E-state index in [0.29, 0.717) is 0 Å². The minimum absolute atomic E-state index is 0.880. The van der Waals surface area contributed by atoms with Gasteiger partial charge in [-0.15, -0.1) is 0 Å². The van der Waals surface area contributed by atoms with E-state index < -0.39 is 0 Å². The number of hydrogen-bond donors (Lipinski definition) is 2. The second-order valence-electron chi connectivity index (χ2n) is 15.8. The molecule has 274 valence electrons. The molecule has 2 N–H and O–H groups in total. The predicted octanol–water partition coefficient (Wildman–Crippen LogP) is 7.98. The average molecular weight is 719 g/mol. The lowest BCUT2D eigenvalue weighted by molar-refractivity contribution is -0.695. The normalized spacial score (nSPS) is 16.9. The van der Waals surface area contributed by atoms with Crippen LogP contribution >= 0.6 is 0 Å². The summed E-state index contributed by atoms with van der Waals surface area (Å²) >= 11 is 0. The van der Waals surface area contributed by atoms with Crippen LogP contribution in [0.5, 0.6) is 11.5 Å². The van der Waals surface area contributed by atoms with Crippen molar-refractivity contribution in [2.75, 3.05) is 53.5 Å². The minimum atomic E-state index is 0.880. The number of hydrogen-bond acceptors (Lipinski definition) is 4. The van der Waals surface area contributed by atoms with Gasteiger partial charge in [-0.25, -0.2) is 9.13 Å². The van der Waals surface area contributed by atoms with E-state index in [-0.39, 0.29) is 0 Å². The maximum atomic E-state index is 5.53. The maximum absolute atomic E-state index is 5.53. The lowest BCUT2D eigenvalue weighted by Crippen LogP contribution is -2.46. The summed E-state index contributed by atoms with van der Waals surface area (Å²) in [4.78, 5) is 12.6. The number of aromatic amines is 2. The third-order valence-electron chi connectivity index (χ3n) is 12.8. The molecule has 0 amide bonds. The number of nitrogens with zero attached hydrogens (tertiary/aromatic N) is 4. The predicted molar refractivity (Wildman–Crippen MR) is 218 cm³/mol. The van der Waals surface area contributed by atoms with Gasteiger partial charge < -0.3 is 19.4 Å². The average Bonchev–Trinajstić information content (AvgIpc) is 3.80. The number of aromatic nitrogens is 4. The van der Waals surface area contributed by atoms with Crippen LogP contribution in [0.2, 0.25) is 0 Å². The van der Waals surface area contributed by atoms with E-state index in [0.717, 1.165) is 60.5 Å². The smallest absolute Gasteiger partial charge is 0.176 e. The third-order valence-corrected chi connectivity index (χ3v) is 12.8. The molecule has 0 unspecified atom stereocenters. The van der Waals surface area contributed by atoms with Gasteiger partial charge in [0.05, 0.1) is 27.3 Å². The molecule has 0 saturated carbocycles. The first-order chi connectivity index (χ1) is 26.6. The van der Waals surface area contributed by atoms with Gasteiger partial charge in [0, 0.05) is 77.3 Å². The highest BCUT2D eigenvalue weighted by atomic mass is 16.5. The monoisotopic (exact) mass is 718 g/mol. The van der Waals surface area contributed by atoms with Crippen molar-refractivity contribution in [3.05, 3.63) is 97.6 Å². The van der Waals surface area contributed by atoms with Crippen molar-refractivity contribution in [3.8, 4) is 11.5 Å². The largest absolute Gasteiger partial charge is 0.497 e. The molecule has 10 rings (SSSR count). The molecule has 4 aromatic heterocycles. The number of fused-ring (bicyclic) bond motifs is 10. The van der Waals surface area contributed by atoms with Crippen molar-refractivity contribution in [2.24, 2.45) is 11.8 Å². The molecule has 0 aliphatic carbocycles. The van der Waals surface area contributed by atoms with Gasteiger partial charge in [0.15, 0.2) is 37.9 Å². The summed E-state index contributed by atoms with van der Waals surface area (Å²) in [6, 6.07) is 26.1. The molecular weight excluding hydrogens is 669 g/mol. The Balaban J connectivity index is 0.711. The van der Waals surface area contributed by atoms with Crippen molar-refractivity contribution in [3.63, 3.8) is 0 Å². The SMILES string of the molecule is COc1ccc2[nH]c3ccc4c[n+](CCN5CCC(C6CCN(CC[n+]7ccc8c(ccc9[nH]c%10ccc(OC)cc%10c98)c7)CC6)CC5)ccc4c3c2c1. The van der Waals surface area contributed by atoms with Crippen molar-refractivity contribution in [1.29, 1.82) is 0 Å². The van der Waals surface area contributed by atoms with Crippen molar-refractivity contribution in [1.82, 2.24) is 19.8 Å². The van der Waals surface area contributed by atoms with Gasteiger partial charge in [0.1, 0.15) is 11.5 Å². The Morgan fingerprint density at radius 2 is 0.963 bits per heavy atom. The van der Waals surface area contributed by atoms with Crippen molar-refractivity contribution in [2.45, 2.75) is 38.8 Å². The first-order valence-electron chi connectivity index (χ1n) is 19.9. The number of pyridine rings is 2. The fraction of sp³-hybridized carbons (Fsp3) is 0.348. The number of likely N-dealkylation sites (tertiary alicyclic amines) is 2. The summed E-state index contributed by atoms with van der Waals surface area (Å²) in [5.74, 6) is 3.54. The second-order valence-corrected chi connectivity index (χ2v) is 15.8. The Morgan fingerprint density at radius 3 is 1.39 bits per heavy atom. The van der Waals surface area contributed by atoms with E-state index >= 15 is 0 Å². The summed E-state index contributed by atoms with van der Waals surface area (Å²) in [5.41, 5.74) is 4.64. The molecule has 2 aliphatic heterocycles. The van der Waals surface area contributed by atoms with E-state index in [9.17, 15) is 0 Å². The molecule has 0 atom stereocenters. The van der Waals surface area contributed by atoms with Gasteiger partial charge in [-0.05, 0) is 124 Å². The molecule has 0 radical (unpaired) electrons. The lowest BCUT2D eigenvalue weighted by Gasteiger charge is -2.39. The molecule has 8 heteroatoms. The summed E-state index contributed by atoms with van der Waals surface area (Å²) in [7, 11) is 3.47. The summed E-state index contributed by atoms with van der Waals surface area (Å²) in [6.07, 6.45) is 14.6. The summed E-state index contributed by atoms with van der Waals surface area (Å²) in [6.45, 7) is 9.19. The maximum Gasteiger partial charge on any atom is 0.176 e. The number of rotatable bonds is 9. The Bertz CT molecular complexity index is 2460. The van der Waals surface area contributed by atoms with E-state index in [1.165, 1.54) is 106 Å². The van der Waals surface area contributed by atoms with Crippen LogP contribution in [0, 0.1) is 11.8 Å². The number of ether oxygens (including phenoxy) is 2. The highest BCUT2D eigenvalue weighted by molar-refractivity contribution is 6.21. The summed E-state index contributed by atoms with van der Waals surface area (Å²) < 4.78 is 15.8. The molecule has 2 saturated heterocycles. The van der Waals surface area contributed by atoms with Gasteiger partial charge in [-0.3, -0.25) is 9.80 Å². The number of H-pyrrole nitrogens is 2. The molecular formula is C46H50N6O2+2. The fourth-order valence-corrected chi connectivity index (χ4v) is 9.74. The van der Waals surface area contributed by atoms with Crippen LogP contribution in [-0.2, 0) is 13.1 Å². The molecule has 4 aromatic carbocycles. The molecule has 2 fully saturated rings. The Kier molecular flexibility index (Phi) is 8.60. The number of nitrogens with one attached hydrogen (secondary N) is 2. The van der Waals surface area contributed by atoms with Crippen LogP contribution < -0.4 is 18.6 Å². The van der Waals surface area contributed by atoms with Gasteiger partial charge in [-0.1, -0.05) is 0 Å². The molecule has 0 spiro atoms.